The Kier molecular flexibility index (Phi) is 11.4. The Morgan fingerprint density at radius 1 is 0.944 bits per heavy atom. The van der Waals surface area contributed by atoms with Crippen molar-refractivity contribution in [1.29, 1.82) is 0 Å². The van der Waals surface area contributed by atoms with E-state index < -0.39 is 0 Å². The number of piperidine rings is 1. The van der Waals surface area contributed by atoms with E-state index in [1.54, 1.807) is 0 Å². The van der Waals surface area contributed by atoms with Crippen molar-refractivity contribution >= 4 is 47.9 Å². The SMILES string of the molecule is C[C@@H](COC(=O)N1CCC(Nc2ccc(I)cc2)CC1)N(Cc1ccccc1)Cc1ccccc1.S. The zero-order valence-corrected chi connectivity index (χ0v) is 23.9. The number of hydrogen-bond donors (Lipinski definition) is 1. The summed E-state index contributed by atoms with van der Waals surface area (Å²) in [6, 6.07) is 29.8. The molecular weight excluding hydrogens is 581 g/mol. The fourth-order valence-corrected chi connectivity index (χ4v) is 4.74. The maximum Gasteiger partial charge on any atom is 0.409 e. The molecule has 192 valence electrons. The minimum Gasteiger partial charge on any atom is -0.448 e. The van der Waals surface area contributed by atoms with E-state index in [1.807, 2.05) is 17.0 Å². The smallest absolute Gasteiger partial charge is 0.409 e. The van der Waals surface area contributed by atoms with Crippen molar-refractivity contribution in [3.05, 3.63) is 99.6 Å². The van der Waals surface area contributed by atoms with E-state index in [4.69, 9.17) is 4.74 Å². The third-order valence-electron chi connectivity index (χ3n) is 6.50. The van der Waals surface area contributed by atoms with E-state index in [2.05, 4.69) is 113 Å². The normalized spacial score (nSPS) is 14.7. The Bertz CT molecular complexity index is 1000. The molecule has 0 bridgehead atoms. The lowest BCUT2D eigenvalue weighted by Crippen LogP contribution is -2.44. The number of halogens is 1. The van der Waals surface area contributed by atoms with Crippen molar-refractivity contribution < 1.29 is 9.53 Å². The Hall–Kier alpha value is -2.23. The summed E-state index contributed by atoms with van der Waals surface area (Å²) < 4.78 is 7.02. The van der Waals surface area contributed by atoms with Crippen LogP contribution >= 0.6 is 36.1 Å². The van der Waals surface area contributed by atoms with Crippen LogP contribution in [0.3, 0.4) is 0 Å². The second-order valence-electron chi connectivity index (χ2n) is 9.21. The van der Waals surface area contributed by atoms with Crippen molar-refractivity contribution in [3.8, 4) is 0 Å². The molecule has 0 spiro atoms. The molecule has 0 radical (unpaired) electrons. The highest BCUT2D eigenvalue weighted by atomic mass is 127. The first-order valence-electron chi connectivity index (χ1n) is 12.3. The quantitative estimate of drug-likeness (QED) is 0.278. The van der Waals surface area contributed by atoms with Crippen LogP contribution in [0.5, 0.6) is 0 Å². The van der Waals surface area contributed by atoms with E-state index in [-0.39, 0.29) is 25.6 Å². The second-order valence-corrected chi connectivity index (χ2v) is 10.5. The molecular formula is C29H36IN3O2S. The maximum atomic E-state index is 12.8. The first kappa shape index (κ1) is 28.3. The molecule has 1 aliphatic rings. The molecule has 1 N–H and O–H groups in total. The van der Waals surface area contributed by atoms with Gasteiger partial charge in [-0.2, -0.15) is 13.5 Å². The molecule has 4 rings (SSSR count). The van der Waals surface area contributed by atoms with Crippen molar-refractivity contribution in [2.45, 2.75) is 44.9 Å². The molecule has 1 aliphatic heterocycles. The van der Waals surface area contributed by atoms with Crippen LogP contribution in [0, 0.1) is 3.57 Å². The average molecular weight is 618 g/mol. The highest BCUT2D eigenvalue weighted by Crippen LogP contribution is 2.19. The van der Waals surface area contributed by atoms with Gasteiger partial charge in [0.25, 0.3) is 0 Å². The molecule has 0 aliphatic carbocycles. The molecule has 1 saturated heterocycles. The molecule has 0 aromatic heterocycles. The van der Waals surface area contributed by atoms with Crippen LogP contribution in [-0.4, -0.2) is 47.7 Å². The number of anilines is 1. The molecule has 5 nitrogen and oxygen atoms in total. The van der Waals surface area contributed by atoms with E-state index in [1.165, 1.54) is 14.7 Å². The van der Waals surface area contributed by atoms with Gasteiger partial charge in [-0.25, -0.2) is 4.79 Å². The Morgan fingerprint density at radius 2 is 1.47 bits per heavy atom. The van der Waals surface area contributed by atoms with E-state index in [9.17, 15) is 4.79 Å². The third-order valence-corrected chi connectivity index (χ3v) is 7.22. The number of benzene rings is 3. The molecule has 36 heavy (non-hydrogen) atoms. The largest absolute Gasteiger partial charge is 0.448 e. The summed E-state index contributed by atoms with van der Waals surface area (Å²) in [6.45, 7) is 5.56. The van der Waals surface area contributed by atoms with E-state index in [0.717, 1.165) is 31.6 Å². The van der Waals surface area contributed by atoms with Gasteiger partial charge >= 0.3 is 6.09 Å². The van der Waals surface area contributed by atoms with Crippen molar-refractivity contribution in [3.63, 3.8) is 0 Å². The summed E-state index contributed by atoms with van der Waals surface area (Å²) >= 11 is 2.31. The molecule has 3 aromatic carbocycles. The zero-order valence-electron chi connectivity index (χ0n) is 20.8. The number of carbonyl (C=O) groups is 1. The topological polar surface area (TPSA) is 44.8 Å². The molecule has 1 fully saturated rings. The monoisotopic (exact) mass is 617 g/mol. The van der Waals surface area contributed by atoms with Crippen molar-refractivity contribution in [2.24, 2.45) is 0 Å². The van der Waals surface area contributed by atoms with Crippen molar-refractivity contribution in [1.82, 2.24) is 9.80 Å². The number of likely N-dealkylation sites (tertiary alicyclic amines) is 1. The van der Waals surface area contributed by atoms with Gasteiger partial charge in [-0.1, -0.05) is 60.7 Å². The van der Waals surface area contributed by atoms with Gasteiger partial charge in [-0.3, -0.25) is 4.90 Å². The molecule has 7 heteroatoms. The van der Waals surface area contributed by atoms with Gasteiger partial charge in [0, 0.05) is 47.5 Å². The highest BCUT2D eigenvalue weighted by Gasteiger charge is 2.25. The Morgan fingerprint density at radius 3 is 2.00 bits per heavy atom. The van der Waals surface area contributed by atoms with Crippen LogP contribution in [0.2, 0.25) is 0 Å². The molecule has 0 saturated carbocycles. The van der Waals surface area contributed by atoms with Crippen LogP contribution in [0.25, 0.3) is 0 Å². The first-order valence-corrected chi connectivity index (χ1v) is 13.4. The fourth-order valence-electron chi connectivity index (χ4n) is 4.38. The first-order chi connectivity index (χ1) is 17.1. The third kappa shape index (κ3) is 8.71. The predicted molar refractivity (Wildman–Crippen MR) is 161 cm³/mol. The van der Waals surface area contributed by atoms with E-state index in [0.29, 0.717) is 25.7 Å². The minimum atomic E-state index is -0.205. The summed E-state index contributed by atoms with van der Waals surface area (Å²) in [4.78, 5) is 17.0. The van der Waals surface area contributed by atoms with Gasteiger partial charge in [0.15, 0.2) is 0 Å². The van der Waals surface area contributed by atoms with Gasteiger partial charge < -0.3 is 15.0 Å². The lowest BCUT2D eigenvalue weighted by Gasteiger charge is -2.33. The zero-order chi connectivity index (χ0) is 24.5. The summed E-state index contributed by atoms with van der Waals surface area (Å²) in [5.41, 5.74) is 3.64. The van der Waals surface area contributed by atoms with Crippen LogP contribution in [0.1, 0.15) is 30.9 Å². The summed E-state index contributed by atoms with van der Waals surface area (Å²) in [6.07, 6.45) is 1.64. The minimum absolute atomic E-state index is 0. The Balaban J connectivity index is 0.00000361. The average Bonchev–Trinajstić information content (AvgIpc) is 2.90. The molecule has 0 unspecified atom stereocenters. The summed E-state index contributed by atoms with van der Waals surface area (Å²) in [7, 11) is 0. The number of amides is 1. The molecule has 1 heterocycles. The number of nitrogens with zero attached hydrogens (tertiary/aromatic N) is 2. The van der Waals surface area contributed by atoms with Gasteiger partial charge in [-0.15, -0.1) is 0 Å². The van der Waals surface area contributed by atoms with Gasteiger partial charge in [-0.05, 0) is 77.7 Å². The van der Waals surface area contributed by atoms with Gasteiger partial charge in [0.05, 0.1) is 0 Å². The summed E-state index contributed by atoms with van der Waals surface area (Å²) in [5, 5.41) is 3.59. The molecule has 1 atom stereocenters. The lowest BCUT2D eigenvalue weighted by atomic mass is 10.1. The maximum absolute atomic E-state index is 12.8. The standard InChI is InChI=1S/C29H34IN3O2.H2S/c1-23(33(20-24-8-4-2-5-9-24)21-25-10-6-3-7-11-25)22-35-29(34)32-18-16-28(17-19-32)31-27-14-12-26(30)13-15-27;/h2-15,23,28,31H,16-22H2,1H3;1H2/t23-;/m0./s1. The Labute approximate surface area is 235 Å². The second kappa shape index (κ2) is 14.5. The highest BCUT2D eigenvalue weighted by molar-refractivity contribution is 14.1. The lowest BCUT2D eigenvalue weighted by molar-refractivity contribution is 0.0595. The van der Waals surface area contributed by atoms with Gasteiger partial charge in [0.2, 0.25) is 0 Å². The van der Waals surface area contributed by atoms with Crippen LogP contribution in [-0.2, 0) is 17.8 Å². The van der Waals surface area contributed by atoms with Crippen molar-refractivity contribution in [2.75, 3.05) is 25.0 Å². The van der Waals surface area contributed by atoms with E-state index >= 15 is 0 Å². The number of ether oxygens (including phenoxy) is 1. The van der Waals surface area contributed by atoms with Crippen LogP contribution < -0.4 is 5.32 Å². The predicted octanol–water partition coefficient (Wildman–Crippen LogP) is 6.51. The number of rotatable bonds is 9. The van der Waals surface area contributed by atoms with Crippen LogP contribution in [0.15, 0.2) is 84.9 Å². The van der Waals surface area contributed by atoms with Crippen LogP contribution in [0.4, 0.5) is 10.5 Å². The number of nitrogens with one attached hydrogen (secondary N) is 1. The number of hydrogen-bond acceptors (Lipinski definition) is 4. The van der Waals surface area contributed by atoms with Gasteiger partial charge in [0.1, 0.15) is 6.61 Å². The molecule has 1 amide bonds. The molecule has 3 aromatic rings. The summed E-state index contributed by atoms with van der Waals surface area (Å²) in [5.74, 6) is 0. The fraction of sp³-hybridized carbons (Fsp3) is 0.345. The number of carbonyl (C=O) groups excluding carboxylic acids is 1.